The SMILES string of the molecule is CCN(CC)CC.COO. The minimum Gasteiger partial charge on any atom is -0.304 e. The van der Waals surface area contributed by atoms with Crippen molar-refractivity contribution in [3.63, 3.8) is 0 Å². The molecular weight excluding hydrogens is 130 g/mol. The van der Waals surface area contributed by atoms with Crippen LogP contribution in [0.5, 0.6) is 0 Å². The van der Waals surface area contributed by atoms with E-state index in [0.717, 1.165) is 0 Å². The first-order chi connectivity index (χ1) is 4.76. The highest BCUT2D eigenvalue weighted by atomic mass is 17.1. The lowest BCUT2D eigenvalue weighted by molar-refractivity contribution is -0.214. The van der Waals surface area contributed by atoms with Gasteiger partial charge in [0.1, 0.15) is 0 Å². The minimum absolute atomic E-state index is 1.18. The molecule has 0 rings (SSSR count). The topological polar surface area (TPSA) is 32.7 Å². The van der Waals surface area contributed by atoms with Crippen LogP contribution in [0.15, 0.2) is 0 Å². The molecule has 0 saturated heterocycles. The molecule has 0 aromatic carbocycles. The maximum atomic E-state index is 7.07. The van der Waals surface area contributed by atoms with Crippen LogP contribution in [0.4, 0.5) is 0 Å². The predicted molar refractivity (Wildman–Crippen MR) is 43.1 cm³/mol. The Morgan fingerprint density at radius 3 is 1.30 bits per heavy atom. The number of rotatable bonds is 3. The molecule has 0 aliphatic carbocycles. The summed E-state index contributed by atoms with van der Waals surface area (Å²) in [5, 5.41) is 7.07. The van der Waals surface area contributed by atoms with Crippen molar-refractivity contribution in [3.8, 4) is 0 Å². The minimum atomic E-state index is 1.18. The van der Waals surface area contributed by atoms with E-state index in [0.29, 0.717) is 0 Å². The number of hydrogen-bond acceptors (Lipinski definition) is 3. The van der Waals surface area contributed by atoms with Crippen molar-refractivity contribution in [1.29, 1.82) is 0 Å². The van der Waals surface area contributed by atoms with Crippen LogP contribution in [-0.2, 0) is 4.89 Å². The van der Waals surface area contributed by atoms with Crippen LogP contribution in [0.25, 0.3) is 0 Å². The fourth-order valence-corrected chi connectivity index (χ4v) is 0.671. The second-order valence-corrected chi connectivity index (χ2v) is 1.80. The summed E-state index contributed by atoms with van der Waals surface area (Å²) in [5.41, 5.74) is 0. The van der Waals surface area contributed by atoms with Gasteiger partial charge in [-0.1, -0.05) is 20.8 Å². The molecule has 3 nitrogen and oxygen atoms in total. The summed E-state index contributed by atoms with van der Waals surface area (Å²) < 4.78 is 0. The van der Waals surface area contributed by atoms with Gasteiger partial charge in [-0.25, -0.2) is 4.89 Å². The largest absolute Gasteiger partial charge is 0.304 e. The molecule has 0 bridgehead atoms. The van der Waals surface area contributed by atoms with Gasteiger partial charge >= 0.3 is 0 Å². The van der Waals surface area contributed by atoms with E-state index in [-0.39, 0.29) is 0 Å². The summed E-state index contributed by atoms with van der Waals surface area (Å²) in [6.45, 7) is 10.1. The van der Waals surface area contributed by atoms with Crippen molar-refractivity contribution in [3.05, 3.63) is 0 Å². The summed E-state index contributed by atoms with van der Waals surface area (Å²) in [6.07, 6.45) is 0. The summed E-state index contributed by atoms with van der Waals surface area (Å²) in [5.74, 6) is 0. The Morgan fingerprint density at radius 1 is 1.10 bits per heavy atom. The average molecular weight is 149 g/mol. The molecule has 0 unspecified atom stereocenters. The average Bonchev–Trinajstić information content (AvgIpc) is 1.93. The van der Waals surface area contributed by atoms with Gasteiger partial charge in [-0.05, 0) is 19.6 Å². The zero-order chi connectivity index (χ0) is 8.41. The lowest BCUT2D eigenvalue weighted by Gasteiger charge is -2.13. The maximum Gasteiger partial charge on any atom is 0.0710 e. The van der Waals surface area contributed by atoms with Crippen LogP contribution < -0.4 is 0 Å². The van der Waals surface area contributed by atoms with Crippen LogP contribution in [0.1, 0.15) is 20.8 Å². The van der Waals surface area contributed by atoms with E-state index in [1.807, 2.05) is 0 Å². The molecule has 0 aromatic rings. The highest BCUT2D eigenvalue weighted by Crippen LogP contribution is 1.81. The van der Waals surface area contributed by atoms with Crippen LogP contribution in [0.3, 0.4) is 0 Å². The first-order valence-electron chi connectivity index (χ1n) is 3.66. The Bertz CT molecular complexity index is 41.4. The smallest absolute Gasteiger partial charge is 0.0710 e. The second kappa shape index (κ2) is 11.6. The van der Waals surface area contributed by atoms with E-state index >= 15 is 0 Å². The molecule has 1 N–H and O–H groups in total. The molecule has 0 amide bonds. The van der Waals surface area contributed by atoms with Crippen LogP contribution >= 0.6 is 0 Å². The van der Waals surface area contributed by atoms with E-state index in [1.54, 1.807) is 0 Å². The Hall–Kier alpha value is -0.120. The van der Waals surface area contributed by atoms with Crippen molar-refractivity contribution < 1.29 is 10.1 Å². The van der Waals surface area contributed by atoms with Crippen LogP contribution in [0, 0.1) is 0 Å². The van der Waals surface area contributed by atoms with E-state index in [4.69, 9.17) is 5.26 Å². The van der Waals surface area contributed by atoms with Gasteiger partial charge in [-0.2, -0.15) is 0 Å². The molecule has 64 valence electrons. The summed E-state index contributed by atoms with van der Waals surface area (Å²) in [6, 6.07) is 0. The van der Waals surface area contributed by atoms with Crippen molar-refractivity contribution in [2.75, 3.05) is 26.7 Å². The van der Waals surface area contributed by atoms with Gasteiger partial charge in [0.2, 0.25) is 0 Å². The monoisotopic (exact) mass is 149 g/mol. The first-order valence-corrected chi connectivity index (χ1v) is 3.66. The quantitative estimate of drug-likeness (QED) is 0.487. The first kappa shape index (κ1) is 12.5. The molecule has 0 heterocycles. The predicted octanol–water partition coefficient (Wildman–Crippen LogP) is 1.45. The molecule has 0 radical (unpaired) electrons. The van der Waals surface area contributed by atoms with Crippen LogP contribution in [-0.4, -0.2) is 36.9 Å². The third-order valence-electron chi connectivity index (χ3n) is 1.34. The van der Waals surface area contributed by atoms with Gasteiger partial charge in [0.25, 0.3) is 0 Å². The third-order valence-corrected chi connectivity index (χ3v) is 1.34. The fourth-order valence-electron chi connectivity index (χ4n) is 0.671. The molecule has 3 heteroatoms. The molecule has 0 aromatic heterocycles. The highest BCUT2D eigenvalue weighted by molar-refractivity contribution is 4.43. The van der Waals surface area contributed by atoms with Gasteiger partial charge in [0.05, 0.1) is 7.11 Å². The molecule has 0 spiro atoms. The molecule has 0 aliphatic heterocycles. The Labute approximate surface area is 63.5 Å². The summed E-state index contributed by atoms with van der Waals surface area (Å²) in [7, 11) is 1.18. The van der Waals surface area contributed by atoms with E-state index in [2.05, 4.69) is 30.6 Å². The Balaban J connectivity index is 0. The van der Waals surface area contributed by atoms with Crippen LogP contribution in [0.2, 0.25) is 0 Å². The summed E-state index contributed by atoms with van der Waals surface area (Å²) >= 11 is 0. The van der Waals surface area contributed by atoms with E-state index in [9.17, 15) is 0 Å². The molecule has 0 saturated carbocycles. The zero-order valence-electron chi connectivity index (χ0n) is 7.42. The lowest BCUT2D eigenvalue weighted by Crippen LogP contribution is -2.21. The van der Waals surface area contributed by atoms with E-state index in [1.165, 1.54) is 26.7 Å². The van der Waals surface area contributed by atoms with Gasteiger partial charge in [-0.15, -0.1) is 0 Å². The molecule has 0 atom stereocenters. The van der Waals surface area contributed by atoms with E-state index < -0.39 is 0 Å². The normalized spacial score (nSPS) is 9.00. The van der Waals surface area contributed by atoms with Crippen molar-refractivity contribution in [2.45, 2.75) is 20.8 Å². The highest BCUT2D eigenvalue weighted by Gasteiger charge is 1.89. The van der Waals surface area contributed by atoms with Crippen molar-refractivity contribution in [2.24, 2.45) is 0 Å². The van der Waals surface area contributed by atoms with Gasteiger partial charge in [0.15, 0.2) is 0 Å². The molecule has 10 heavy (non-hydrogen) atoms. The fraction of sp³-hybridized carbons (Fsp3) is 1.00. The van der Waals surface area contributed by atoms with Gasteiger partial charge < -0.3 is 4.90 Å². The molecule has 0 fully saturated rings. The third kappa shape index (κ3) is 10.8. The number of nitrogens with zero attached hydrogens (tertiary/aromatic N) is 1. The molecule has 0 aliphatic rings. The Morgan fingerprint density at radius 2 is 1.30 bits per heavy atom. The zero-order valence-corrected chi connectivity index (χ0v) is 7.42. The van der Waals surface area contributed by atoms with Crippen molar-refractivity contribution in [1.82, 2.24) is 4.90 Å². The molecular formula is C7H19NO2. The number of hydrogen-bond donors (Lipinski definition) is 1. The van der Waals surface area contributed by atoms with Gasteiger partial charge in [0, 0.05) is 0 Å². The van der Waals surface area contributed by atoms with Gasteiger partial charge in [-0.3, -0.25) is 5.26 Å². The lowest BCUT2D eigenvalue weighted by atomic mass is 10.5. The van der Waals surface area contributed by atoms with Crippen molar-refractivity contribution >= 4 is 0 Å². The summed E-state index contributed by atoms with van der Waals surface area (Å²) in [4.78, 5) is 5.62. The maximum absolute atomic E-state index is 7.07. The standard InChI is InChI=1S/C6H15N.CH4O2/c1-4-7(5-2)6-3;1-3-2/h4-6H2,1-3H3;2H,1H3. The Kier molecular flexibility index (Phi) is 14.6. The second-order valence-electron chi connectivity index (χ2n) is 1.80.